The van der Waals surface area contributed by atoms with E-state index >= 15 is 0 Å². The van der Waals surface area contributed by atoms with E-state index in [1.807, 2.05) is 5.01 Å². The van der Waals surface area contributed by atoms with Crippen molar-refractivity contribution in [2.45, 2.75) is 6.92 Å². The molecular weight excluding hydrogens is 222 g/mol. The Kier molecular flexibility index (Phi) is 3.55. The van der Waals surface area contributed by atoms with Crippen LogP contribution in [0.4, 0.5) is 5.82 Å². The van der Waals surface area contributed by atoms with E-state index in [1.165, 1.54) is 0 Å². The molecule has 6 nitrogen and oxygen atoms in total. The van der Waals surface area contributed by atoms with Gasteiger partial charge in [-0.25, -0.2) is 14.8 Å². The predicted octanol–water partition coefficient (Wildman–Crippen LogP) is 0.747. The van der Waals surface area contributed by atoms with Crippen LogP contribution in [0.15, 0.2) is 12.1 Å². The van der Waals surface area contributed by atoms with Crippen molar-refractivity contribution < 1.29 is 14.6 Å². The standard InChI is InChI=1S/C11H15N3O3/c1-8-9(11(15)16)2-3-10(12-8)13-14-4-6-17-7-5-14/h2-3H,4-7H2,1H3,(H,12,13)(H,15,16). The first-order chi connectivity index (χ1) is 8.16. The summed E-state index contributed by atoms with van der Waals surface area (Å²) in [6.07, 6.45) is 0. The number of carboxylic acid groups (broad SMARTS) is 1. The van der Waals surface area contributed by atoms with Crippen molar-refractivity contribution in [3.63, 3.8) is 0 Å². The third kappa shape index (κ3) is 2.92. The number of hydrazine groups is 1. The summed E-state index contributed by atoms with van der Waals surface area (Å²) >= 11 is 0. The van der Waals surface area contributed by atoms with Gasteiger partial charge in [-0.1, -0.05) is 0 Å². The zero-order valence-electron chi connectivity index (χ0n) is 9.64. The van der Waals surface area contributed by atoms with Crippen molar-refractivity contribution >= 4 is 11.8 Å². The highest BCUT2D eigenvalue weighted by Gasteiger charge is 2.12. The Morgan fingerprint density at radius 2 is 2.18 bits per heavy atom. The SMILES string of the molecule is Cc1nc(NN2CCOCC2)ccc1C(=O)O. The Morgan fingerprint density at radius 3 is 2.76 bits per heavy atom. The number of aromatic nitrogens is 1. The maximum atomic E-state index is 10.8. The van der Waals surface area contributed by atoms with Crippen molar-refractivity contribution in [3.8, 4) is 0 Å². The molecule has 1 fully saturated rings. The first kappa shape index (κ1) is 11.8. The number of rotatable bonds is 3. The number of ether oxygens (including phenoxy) is 1. The summed E-state index contributed by atoms with van der Waals surface area (Å²) in [6.45, 7) is 4.66. The number of anilines is 1. The predicted molar refractivity (Wildman–Crippen MR) is 61.9 cm³/mol. The van der Waals surface area contributed by atoms with Gasteiger partial charge in [0.15, 0.2) is 0 Å². The van der Waals surface area contributed by atoms with Crippen LogP contribution in [-0.2, 0) is 4.74 Å². The highest BCUT2D eigenvalue weighted by molar-refractivity contribution is 5.88. The number of carbonyl (C=O) groups is 1. The molecule has 0 amide bonds. The third-order valence-electron chi connectivity index (χ3n) is 2.60. The molecule has 1 aliphatic rings. The van der Waals surface area contributed by atoms with Crippen LogP contribution in [0, 0.1) is 6.92 Å². The van der Waals surface area contributed by atoms with Gasteiger partial charge in [-0.05, 0) is 19.1 Å². The number of nitrogens with one attached hydrogen (secondary N) is 1. The number of carboxylic acids is 1. The van der Waals surface area contributed by atoms with E-state index in [1.54, 1.807) is 19.1 Å². The Balaban J connectivity index is 2.06. The molecule has 2 N–H and O–H groups in total. The fourth-order valence-corrected chi connectivity index (χ4v) is 1.69. The highest BCUT2D eigenvalue weighted by Crippen LogP contribution is 2.11. The summed E-state index contributed by atoms with van der Waals surface area (Å²) in [5.41, 5.74) is 3.88. The Hall–Kier alpha value is -1.66. The minimum Gasteiger partial charge on any atom is -0.478 e. The van der Waals surface area contributed by atoms with E-state index in [2.05, 4.69) is 10.4 Å². The van der Waals surface area contributed by atoms with Gasteiger partial charge in [0.05, 0.1) is 24.5 Å². The molecular formula is C11H15N3O3. The Morgan fingerprint density at radius 1 is 1.47 bits per heavy atom. The van der Waals surface area contributed by atoms with Crippen molar-refractivity contribution in [2.75, 3.05) is 31.7 Å². The maximum absolute atomic E-state index is 10.8. The fourth-order valence-electron chi connectivity index (χ4n) is 1.69. The minimum atomic E-state index is -0.951. The first-order valence-corrected chi connectivity index (χ1v) is 5.47. The van der Waals surface area contributed by atoms with Gasteiger partial charge in [0.2, 0.25) is 0 Å². The smallest absolute Gasteiger partial charge is 0.337 e. The Bertz CT molecular complexity index is 416. The zero-order valence-corrected chi connectivity index (χ0v) is 9.64. The lowest BCUT2D eigenvalue weighted by Crippen LogP contribution is -2.40. The van der Waals surface area contributed by atoms with Crippen molar-refractivity contribution in [1.82, 2.24) is 9.99 Å². The van der Waals surface area contributed by atoms with E-state index in [4.69, 9.17) is 9.84 Å². The minimum absolute atomic E-state index is 0.234. The number of pyridine rings is 1. The molecule has 6 heteroatoms. The van der Waals surface area contributed by atoms with E-state index in [-0.39, 0.29) is 5.56 Å². The average molecular weight is 237 g/mol. The second kappa shape index (κ2) is 5.11. The lowest BCUT2D eigenvalue weighted by Gasteiger charge is -2.27. The van der Waals surface area contributed by atoms with Crippen LogP contribution < -0.4 is 5.43 Å². The summed E-state index contributed by atoms with van der Waals surface area (Å²) in [6, 6.07) is 3.24. The van der Waals surface area contributed by atoms with Crippen LogP contribution in [0.1, 0.15) is 16.1 Å². The van der Waals surface area contributed by atoms with E-state index in [0.29, 0.717) is 24.7 Å². The quantitative estimate of drug-likeness (QED) is 0.808. The molecule has 0 saturated carbocycles. The number of nitrogens with zero attached hydrogens (tertiary/aromatic N) is 2. The molecule has 17 heavy (non-hydrogen) atoms. The first-order valence-electron chi connectivity index (χ1n) is 5.47. The second-order valence-electron chi connectivity index (χ2n) is 3.85. The summed E-state index contributed by atoms with van der Waals surface area (Å²) in [5.74, 6) is -0.290. The van der Waals surface area contributed by atoms with E-state index in [0.717, 1.165) is 13.1 Å². The molecule has 0 spiro atoms. The van der Waals surface area contributed by atoms with Crippen molar-refractivity contribution in [3.05, 3.63) is 23.4 Å². The normalized spacial score (nSPS) is 16.8. The van der Waals surface area contributed by atoms with Gasteiger partial charge >= 0.3 is 5.97 Å². The van der Waals surface area contributed by atoms with Crippen molar-refractivity contribution in [1.29, 1.82) is 0 Å². The molecule has 0 bridgehead atoms. The van der Waals surface area contributed by atoms with Crippen LogP contribution in [0.25, 0.3) is 0 Å². The number of morpholine rings is 1. The van der Waals surface area contributed by atoms with Gasteiger partial charge in [0.1, 0.15) is 5.82 Å². The largest absolute Gasteiger partial charge is 0.478 e. The van der Waals surface area contributed by atoms with Crippen LogP contribution >= 0.6 is 0 Å². The van der Waals surface area contributed by atoms with Crippen LogP contribution in [0.3, 0.4) is 0 Å². The number of hydrogen-bond donors (Lipinski definition) is 2. The van der Waals surface area contributed by atoms with Gasteiger partial charge in [-0.2, -0.15) is 0 Å². The zero-order chi connectivity index (χ0) is 12.3. The third-order valence-corrected chi connectivity index (χ3v) is 2.60. The molecule has 0 aliphatic carbocycles. The van der Waals surface area contributed by atoms with E-state index in [9.17, 15) is 4.79 Å². The Labute approximate surface area is 99.2 Å². The van der Waals surface area contributed by atoms with Crippen LogP contribution in [0.2, 0.25) is 0 Å². The van der Waals surface area contributed by atoms with E-state index < -0.39 is 5.97 Å². The highest BCUT2D eigenvalue weighted by atomic mass is 16.5. The van der Waals surface area contributed by atoms with Gasteiger partial charge in [-0.15, -0.1) is 0 Å². The van der Waals surface area contributed by atoms with Crippen LogP contribution in [-0.4, -0.2) is 47.4 Å². The molecule has 2 rings (SSSR count). The molecule has 0 atom stereocenters. The second-order valence-corrected chi connectivity index (χ2v) is 3.85. The van der Waals surface area contributed by atoms with Gasteiger partial charge in [0.25, 0.3) is 0 Å². The molecule has 92 valence electrons. The summed E-state index contributed by atoms with van der Waals surface area (Å²) in [5, 5.41) is 10.9. The number of aromatic carboxylic acids is 1. The molecule has 1 saturated heterocycles. The van der Waals surface area contributed by atoms with Crippen LogP contribution in [0.5, 0.6) is 0 Å². The monoisotopic (exact) mass is 237 g/mol. The molecule has 0 radical (unpaired) electrons. The molecule has 1 aliphatic heterocycles. The fraction of sp³-hybridized carbons (Fsp3) is 0.455. The number of hydrogen-bond acceptors (Lipinski definition) is 5. The van der Waals surface area contributed by atoms with Gasteiger partial charge in [-0.3, -0.25) is 0 Å². The number of aryl methyl sites for hydroxylation is 1. The van der Waals surface area contributed by atoms with Gasteiger partial charge < -0.3 is 15.3 Å². The summed E-state index contributed by atoms with van der Waals surface area (Å²) < 4.78 is 5.23. The maximum Gasteiger partial charge on any atom is 0.337 e. The molecule has 0 unspecified atom stereocenters. The molecule has 1 aromatic heterocycles. The molecule has 1 aromatic rings. The molecule has 0 aromatic carbocycles. The topological polar surface area (TPSA) is 74.7 Å². The molecule has 2 heterocycles. The van der Waals surface area contributed by atoms with Gasteiger partial charge in [0, 0.05) is 13.1 Å². The lowest BCUT2D eigenvalue weighted by molar-refractivity contribution is 0.0495. The summed E-state index contributed by atoms with van der Waals surface area (Å²) in [7, 11) is 0. The average Bonchev–Trinajstić information content (AvgIpc) is 2.30. The summed E-state index contributed by atoms with van der Waals surface area (Å²) in [4.78, 5) is 15.0. The van der Waals surface area contributed by atoms with Crippen molar-refractivity contribution in [2.24, 2.45) is 0 Å². The lowest BCUT2D eigenvalue weighted by atomic mass is 10.2.